The van der Waals surface area contributed by atoms with E-state index in [4.69, 9.17) is 11.5 Å². The van der Waals surface area contributed by atoms with Crippen molar-refractivity contribution in [2.45, 2.75) is 45.4 Å². The van der Waals surface area contributed by atoms with Gasteiger partial charge in [0.2, 0.25) is 11.7 Å². The number of aryl methyl sites for hydroxylation is 1. The molecule has 0 aliphatic heterocycles. The fourth-order valence-electron chi connectivity index (χ4n) is 5.78. The van der Waals surface area contributed by atoms with Crippen LogP contribution in [0.15, 0.2) is 66.7 Å². The second-order valence-corrected chi connectivity index (χ2v) is 11.1. The van der Waals surface area contributed by atoms with E-state index in [0.717, 1.165) is 59.2 Å². The first-order valence-electron chi connectivity index (χ1n) is 14.2. The fourth-order valence-corrected chi connectivity index (χ4v) is 5.78. The number of H-pyrrole nitrogens is 1. The van der Waals surface area contributed by atoms with Gasteiger partial charge in [-0.05, 0) is 115 Å². The van der Waals surface area contributed by atoms with Crippen LogP contribution in [0.3, 0.4) is 0 Å². The maximum atomic E-state index is 13.7. The van der Waals surface area contributed by atoms with E-state index in [2.05, 4.69) is 38.1 Å². The van der Waals surface area contributed by atoms with Gasteiger partial charge < -0.3 is 16.8 Å². The molecule has 5 rings (SSSR count). The normalized spacial score (nSPS) is 17.6. The van der Waals surface area contributed by atoms with Gasteiger partial charge in [-0.3, -0.25) is 9.59 Å². The van der Waals surface area contributed by atoms with Crippen LogP contribution in [0, 0.1) is 24.7 Å². The van der Waals surface area contributed by atoms with Crippen LogP contribution in [0.4, 0.5) is 11.4 Å². The van der Waals surface area contributed by atoms with Crippen LogP contribution in [0.1, 0.15) is 43.2 Å². The lowest BCUT2D eigenvalue weighted by Gasteiger charge is -2.27. The molecule has 0 saturated heterocycles. The number of anilines is 2. The van der Waals surface area contributed by atoms with Crippen molar-refractivity contribution in [3.05, 3.63) is 77.9 Å². The quantitative estimate of drug-likeness (QED) is 0.204. The molecule has 3 aromatic carbocycles. The number of benzene rings is 3. The average Bonchev–Trinajstić information content (AvgIpc) is 3.52. The van der Waals surface area contributed by atoms with E-state index < -0.39 is 5.92 Å². The molecule has 1 aliphatic rings. The van der Waals surface area contributed by atoms with E-state index in [1.165, 1.54) is 0 Å². The number of carbonyl (C=O) groups excluding carboxylic acids is 2. The third kappa shape index (κ3) is 7.05. The highest BCUT2D eigenvalue weighted by Crippen LogP contribution is 2.32. The summed E-state index contributed by atoms with van der Waals surface area (Å²) in [4.78, 5) is 27.1. The Morgan fingerprint density at radius 3 is 2.46 bits per heavy atom. The highest BCUT2D eigenvalue weighted by molar-refractivity contribution is 5.96. The molecule has 1 aliphatic carbocycles. The number of aromatic amines is 1. The summed E-state index contributed by atoms with van der Waals surface area (Å²) in [6, 6.07) is 21.3. The third-order valence-corrected chi connectivity index (χ3v) is 8.18. The lowest BCUT2D eigenvalue weighted by atomic mass is 9.77. The molecule has 1 amide bonds. The molecule has 0 unspecified atom stereocenters. The van der Waals surface area contributed by atoms with Gasteiger partial charge in [-0.1, -0.05) is 30.3 Å². The number of nitrogen functional groups attached to an aromatic ring is 1. The maximum absolute atomic E-state index is 13.7. The molecule has 41 heavy (non-hydrogen) atoms. The number of tetrazole rings is 1. The molecule has 0 radical (unpaired) electrons. The molecule has 0 spiro atoms. The molecule has 6 N–H and O–H groups in total. The lowest BCUT2D eigenvalue weighted by Crippen LogP contribution is -2.31. The molecular weight excluding hydrogens is 514 g/mol. The number of ketones is 1. The number of nitrogens with zero attached hydrogens (tertiary/aromatic N) is 3. The van der Waals surface area contributed by atoms with Crippen molar-refractivity contribution in [1.29, 1.82) is 0 Å². The predicted octanol–water partition coefficient (Wildman–Crippen LogP) is 4.95. The minimum atomic E-state index is -0.505. The van der Waals surface area contributed by atoms with Crippen LogP contribution < -0.4 is 16.8 Å². The second-order valence-electron chi connectivity index (χ2n) is 11.1. The van der Waals surface area contributed by atoms with Crippen LogP contribution in [0.2, 0.25) is 0 Å². The summed E-state index contributed by atoms with van der Waals surface area (Å²) in [5.74, 6) is 0.453. The zero-order valence-electron chi connectivity index (χ0n) is 23.3. The van der Waals surface area contributed by atoms with E-state index in [1.807, 2.05) is 49.4 Å². The highest BCUT2D eigenvalue weighted by atomic mass is 16.2. The molecule has 1 fully saturated rings. The first-order chi connectivity index (χ1) is 19.9. The Morgan fingerprint density at radius 1 is 1.00 bits per heavy atom. The van der Waals surface area contributed by atoms with Gasteiger partial charge in [-0.2, -0.15) is 5.21 Å². The van der Waals surface area contributed by atoms with Gasteiger partial charge in [0.25, 0.3) is 0 Å². The van der Waals surface area contributed by atoms with E-state index in [0.29, 0.717) is 30.4 Å². The molecule has 1 atom stereocenters. The summed E-state index contributed by atoms with van der Waals surface area (Å²) in [6.07, 6.45) is 4.30. The number of hydrogen-bond donors (Lipinski definition) is 4. The molecule has 4 aromatic rings. The van der Waals surface area contributed by atoms with E-state index in [-0.39, 0.29) is 24.0 Å². The largest absolute Gasteiger partial charge is 0.399 e. The molecule has 1 saturated carbocycles. The highest BCUT2D eigenvalue weighted by Gasteiger charge is 2.30. The van der Waals surface area contributed by atoms with Crippen molar-refractivity contribution in [3.63, 3.8) is 0 Å². The topological polar surface area (TPSA) is 153 Å². The van der Waals surface area contributed by atoms with Crippen molar-refractivity contribution in [2.24, 2.45) is 23.5 Å². The number of amides is 1. The number of nitrogens with two attached hydrogens (primary N) is 2. The van der Waals surface area contributed by atoms with Crippen molar-refractivity contribution >= 4 is 23.1 Å². The van der Waals surface area contributed by atoms with Crippen LogP contribution in [0.5, 0.6) is 0 Å². The van der Waals surface area contributed by atoms with Crippen LogP contribution in [0.25, 0.3) is 22.5 Å². The Labute approximate surface area is 240 Å². The number of rotatable bonds is 10. The van der Waals surface area contributed by atoms with Gasteiger partial charge >= 0.3 is 0 Å². The van der Waals surface area contributed by atoms with Crippen LogP contribution in [-0.2, 0) is 16.0 Å². The Hall–Kier alpha value is -4.37. The van der Waals surface area contributed by atoms with Crippen molar-refractivity contribution in [1.82, 2.24) is 20.6 Å². The molecular formula is C32H37N7O2. The van der Waals surface area contributed by atoms with Crippen molar-refractivity contribution in [3.8, 4) is 22.5 Å². The average molecular weight is 552 g/mol. The van der Waals surface area contributed by atoms with E-state index in [9.17, 15) is 9.59 Å². The van der Waals surface area contributed by atoms with Gasteiger partial charge in [0.05, 0.1) is 0 Å². The number of carbonyl (C=O) groups is 2. The molecule has 0 bridgehead atoms. The minimum absolute atomic E-state index is 0.00824. The molecule has 9 nitrogen and oxygen atoms in total. The van der Waals surface area contributed by atoms with E-state index >= 15 is 0 Å². The smallest absolute Gasteiger partial charge is 0.228 e. The monoisotopic (exact) mass is 551 g/mol. The van der Waals surface area contributed by atoms with Gasteiger partial charge in [0, 0.05) is 35.2 Å². The lowest BCUT2D eigenvalue weighted by molar-refractivity contribution is -0.129. The zero-order valence-corrected chi connectivity index (χ0v) is 23.3. The van der Waals surface area contributed by atoms with Gasteiger partial charge in [-0.15, -0.1) is 10.2 Å². The zero-order chi connectivity index (χ0) is 28.8. The number of nitrogens with one attached hydrogen (secondary N) is 2. The number of aromatic nitrogens is 4. The number of hydrogen-bond acceptors (Lipinski definition) is 7. The van der Waals surface area contributed by atoms with Gasteiger partial charge in [0.1, 0.15) is 5.78 Å². The second kappa shape index (κ2) is 12.9. The van der Waals surface area contributed by atoms with Crippen LogP contribution >= 0.6 is 0 Å². The Balaban J connectivity index is 1.34. The van der Waals surface area contributed by atoms with Gasteiger partial charge in [0.15, 0.2) is 0 Å². The van der Waals surface area contributed by atoms with Crippen LogP contribution in [-0.4, -0.2) is 38.9 Å². The first kappa shape index (κ1) is 28.2. The summed E-state index contributed by atoms with van der Waals surface area (Å²) >= 11 is 0. The molecule has 9 heteroatoms. The molecule has 212 valence electrons. The van der Waals surface area contributed by atoms with Gasteiger partial charge in [-0.25, -0.2) is 0 Å². The van der Waals surface area contributed by atoms with E-state index in [1.54, 1.807) is 12.1 Å². The minimum Gasteiger partial charge on any atom is -0.399 e. The Morgan fingerprint density at radius 2 is 1.78 bits per heavy atom. The summed E-state index contributed by atoms with van der Waals surface area (Å²) in [7, 11) is 0. The Bertz CT molecular complexity index is 1480. The molecule has 1 aromatic heterocycles. The maximum Gasteiger partial charge on any atom is 0.228 e. The summed E-state index contributed by atoms with van der Waals surface area (Å²) < 4.78 is 0. The fraction of sp³-hybridized carbons (Fsp3) is 0.344. The standard InChI is InChI=1S/C32H37N7O2/c1-20-15-27(34)11-14-29(20)25-4-2-3-22(16-25)17-26(18-30(40)23-7-5-21(19-33)6-8-23)32(41)35-28-12-9-24(10-13-28)31-36-38-39-37-31/h2-4,9-16,21,23,26H,5-8,17-19,33-34H2,1H3,(H,35,41)(H,36,37,38,39)/t21?,23?,26-/m1/s1. The van der Waals surface area contributed by atoms with Crippen molar-refractivity contribution < 1.29 is 9.59 Å². The molecule has 1 heterocycles. The number of Topliss-reactive ketones (excluding diaryl/α,β-unsaturated/α-hetero) is 1. The third-order valence-electron chi connectivity index (χ3n) is 8.18. The summed E-state index contributed by atoms with van der Waals surface area (Å²) in [5, 5.41) is 17.1. The summed E-state index contributed by atoms with van der Waals surface area (Å²) in [6.45, 7) is 2.71. The Kier molecular flexibility index (Phi) is 8.84. The summed E-state index contributed by atoms with van der Waals surface area (Å²) in [5.41, 5.74) is 18.2. The predicted molar refractivity (Wildman–Crippen MR) is 161 cm³/mol. The first-order valence-corrected chi connectivity index (χ1v) is 14.2. The SMILES string of the molecule is Cc1cc(N)ccc1-c1cccc(C[C@H](CC(=O)C2CCC(CN)CC2)C(=O)Nc2ccc(-c3nn[nH]n3)cc2)c1. The van der Waals surface area contributed by atoms with Crippen molar-refractivity contribution in [2.75, 3.05) is 17.6 Å².